The van der Waals surface area contributed by atoms with Gasteiger partial charge in [-0.15, -0.1) is 11.3 Å². The Kier molecular flexibility index (Phi) is 4.53. The average molecular weight is 321 g/mol. The fourth-order valence-corrected chi connectivity index (χ4v) is 2.84. The number of rotatable bonds is 4. The molecule has 3 aromatic rings. The summed E-state index contributed by atoms with van der Waals surface area (Å²) in [6.07, 6.45) is 1.86. The molecule has 0 radical (unpaired) electrons. The van der Waals surface area contributed by atoms with Crippen LogP contribution in [0.25, 0.3) is 11.3 Å². The van der Waals surface area contributed by atoms with Gasteiger partial charge < -0.3 is 4.90 Å². The van der Waals surface area contributed by atoms with Crippen LogP contribution in [0.3, 0.4) is 0 Å². The molecule has 0 amide bonds. The second-order valence-electron chi connectivity index (χ2n) is 5.63. The number of benzene rings is 2. The van der Waals surface area contributed by atoms with Crippen molar-refractivity contribution in [2.24, 2.45) is 4.99 Å². The molecule has 23 heavy (non-hydrogen) atoms. The number of aromatic nitrogens is 1. The highest BCUT2D eigenvalue weighted by Gasteiger charge is 2.03. The third-order valence-corrected chi connectivity index (χ3v) is 4.32. The lowest BCUT2D eigenvalue weighted by molar-refractivity contribution is 1.13. The summed E-state index contributed by atoms with van der Waals surface area (Å²) in [5.41, 5.74) is 5.61. The van der Waals surface area contributed by atoms with Gasteiger partial charge >= 0.3 is 0 Å². The van der Waals surface area contributed by atoms with E-state index in [0.717, 1.165) is 22.0 Å². The van der Waals surface area contributed by atoms with Crippen LogP contribution < -0.4 is 4.90 Å². The van der Waals surface area contributed by atoms with Gasteiger partial charge in [0.05, 0.1) is 5.69 Å². The van der Waals surface area contributed by atoms with Crippen molar-refractivity contribution in [3.8, 4) is 11.3 Å². The minimum Gasteiger partial charge on any atom is -0.378 e. The minimum absolute atomic E-state index is 0.775. The van der Waals surface area contributed by atoms with Gasteiger partial charge in [0.2, 0.25) is 5.13 Å². The van der Waals surface area contributed by atoms with Crippen LogP contribution in [0.4, 0.5) is 10.8 Å². The molecule has 0 N–H and O–H groups in total. The molecule has 0 spiro atoms. The molecule has 0 atom stereocenters. The Morgan fingerprint density at radius 2 is 1.70 bits per heavy atom. The first kappa shape index (κ1) is 15.4. The van der Waals surface area contributed by atoms with Crippen LogP contribution in [0, 0.1) is 6.92 Å². The molecule has 0 aliphatic heterocycles. The number of aryl methyl sites for hydroxylation is 1. The molecule has 2 aromatic carbocycles. The van der Waals surface area contributed by atoms with Crippen molar-refractivity contribution in [1.29, 1.82) is 0 Å². The standard InChI is InChI=1S/C19H19N3S/c1-14-4-8-16(9-5-14)18-13-23-19(21-18)20-12-15-6-10-17(11-7-15)22(2)3/h4-13H,1-3H3. The molecule has 116 valence electrons. The first-order valence-corrected chi connectivity index (χ1v) is 8.34. The second-order valence-corrected chi connectivity index (χ2v) is 6.46. The predicted molar refractivity (Wildman–Crippen MR) is 100 cm³/mol. The van der Waals surface area contributed by atoms with E-state index in [4.69, 9.17) is 0 Å². The van der Waals surface area contributed by atoms with Crippen molar-refractivity contribution >= 4 is 28.4 Å². The highest BCUT2D eigenvalue weighted by molar-refractivity contribution is 7.13. The average Bonchev–Trinajstić information content (AvgIpc) is 3.03. The molecular formula is C19H19N3S. The monoisotopic (exact) mass is 321 g/mol. The van der Waals surface area contributed by atoms with E-state index in [0.29, 0.717) is 0 Å². The summed E-state index contributed by atoms with van der Waals surface area (Å²) >= 11 is 1.56. The summed E-state index contributed by atoms with van der Waals surface area (Å²) in [6.45, 7) is 2.09. The van der Waals surface area contributed by atoms with E-state index in [9.17, 15) is 0 Å². The maximum atomic E-state index is 4.58. The zero-order valence-corrected chi connectivity index (χ0v) is 14.3. The number of thiazole rings is 1. The summed E-state index contributed by atoms with van der Waals surface area (Å²) in [5.74, 6) is 0. The normalized spacial score (nSPS) is 11.1. The zero-order chi connectivity index (χ0) is 16.2. The predicted octanol–water partition coefficient (Wildman–Crippen LogP) is 4.94. The highest BCUT2D eigenvalue weighted by atomic mass is 32.1. The van der Waals surface area contributed by atoms with Gasteiger partial charge in [-0.3, -0.25) is 0 Å². The van der Waals surface area contributed by atoms with E-state index in [1.54, 1.807) is 11.3 Å². The molecule has 3 nitrogen and oxygen atoms in total. The highest BCUT2D eigenvalue weighted by Crippen LogP contribution is 2.26. The van der Waals surface area contributed by atoms with Crippen LogP contribution in [0.2, 0.25) is 0 Å². The molecule has 0 fully saturated rings. The van der Waals surface area contributed by atoms with Gasteiger partial charge in [0.15, 0.2) is 0 Å². The molecule has 1 aromatic heterocycles. The van der Waals surface area contributed by atoms with Crippen molar-refractivity contribution in [3.63, 3.8) is 0 Å². The fraction of sp³-hybridized carbons (Fsp3) is 0.158. The number of hydrogen-bond donors (Lipinski definition) is 0. The summed E-state index contributed by atoms with van der Waals surface area (Å²) in [6, 6.07) is 16.7. The van der Waals surface area contributed by atoms with Crippen LogP contribution in [-0.4, -0.2) is 25.3 Å². The lowest BCUT2D eigenvalue weighted by atomic mass is 10.1. The molecule has 0 saturated heterocycles. The molecule has 0 saturated carbocycles. The van der Waals surface area contributed by atoms with Crippen LogP contribution in [0.5, 0.6) is 0 Å². The number of nitrogens with zero attached hydrogens (tertiary/aromatic N) is 3. The summed E-state index contributed by atoms with van der Waals surface area (Å²) in [5, 5.41) is 2.82. The van der Waals surface area contributed by atoms with Crippen molar-refractivity contribution in [2.75, 3.05) is 19.0 Å². The summed E-state index contributed by atoms with van der Waals surface area (Å²) in [4.78, 5) is 11.1. The third-order valence-electron chi connectivity index (χ3n) is 3.57. The van der Waals surface area contributed by atoms with Gasteiger partial charge in [-0.25, -0.2) is 9.98 Å². The zero-order valence-electron chi connectivity index (χ0n) is 13.5. The van der Waals surface area contributed by atoms with E-state index >= 15 is 0 Å². The molecule has 4 heteroatoms. The maximum absolute atomic E-state index is 4.58. The van der Waals surface area contributed by atoms with Gasteiger partial charge in [0, 0.05) is 36.9 Å². The van der Waals surface area contributed by atoms with E-state index in [-0.39, 0.29) is 0 Å². The lowest BCUT2D eigenvalue weighted by Gasteiger charge is -2.11. The molecule has 1 heterocycles. The maximum Gasteiger partial charge on any atom is 0.209 e. The van der Waals surface area contributed by atoms with E-state index in [1.807, 2.05) is 25.7 Å². The van der Waals surface area contributed by atoms with Gasteiger partial charge in [-0.2, -0.15) is 0 Å². The lowest BCUT2D eigenvalue weighted by Crippen LogP contribution is -2.08. The van der Waals surface area contributed by atoms with Crippen LogP contribution >= 0.6 is 11.3 Å². The van der Waals surface area contributed by atoms with Crippen LogP contribution in [0.15, 0.2) is 58.9 Å². The Morgan fingerprint density at radius 1 is 1.00 bits per heavy atom. The second kappa shape index (κ2) is 6.75. The molecule has 0 aliphatic carbocycles. The quantitative estimate of drug-likeness (QED) is 0.637. The Hall–Kier alpha value is -2.46. The van der Waals surface area contributed by atoms with E-state index in [1.165, 1.54) is 11.3 Å². The number of hydrogen-bond acceptors (Lipinski definition) is 4. The van der Waals surface area contributed by atoms with Crippen molar-refractivity contribution in [1.82, 2.24) is 4.98 Å². The van der Waals surface area contributed by atoms with Crippen molar-refractivity contribution in [2.45, 2.75) is 6.92 Å². The molecule has 0 bridgehead atoms. The van der Waals surface area contributed by atoms with E-state index in [2.05, 4.69) is 70.3 Å². The third kappa shape index (κ3) is 3.85. The number of aliphatic imine (C=N–C) groups is 1. The SMILES string of the molecule is Cc1ccc(-c2csc(N=Cc3ccc(N(C)C)cc3)n2)cc1. The Bertz CT molecular complexity index is 799. The molecular weight excluding hydrogens is 302 g/mol. The van der Waals surface area contributed by atoms with Gasteiger partial charge in [-0.1, -0.05) is 42.0 Å². The summed E-state index contributed by atoms with van der Waals surface area (Å²) < 4.78 is 0. The van der Waals surface area contributed by atoms with Crippen molar-refractivity contribution in [3.05, 3.63) is 65.0 Å². The van der Waals surface area contributed by atoms with Gasteiger partial charge in [0.25, 0.3) is 0 Å². The fourth-order valence-electron chi connectivity index (χ4n) is 2.17. The van der Waals surface area contributed by atoms with E-state index < -0.39 is 0 Å². The Morgan fingerprint density at radius 3 is 2.35 bits per heavy atom. The minimum atomic E-state index is 0.775. The van der Waals surface area contributed by atoms with Gasteiger partial charge in [0.1, 0.15) is 0 Å². The molecule has 3 rings (SSSR count). The topological polar surface area (TPSA) is 28.5 Å². The van der Waals surface area contributed by atoms with Crippen LogP contribution in [0.1, 0.15) is 11.1 Å². The largest absolute Gasteiger partial charge is 0.378 e. The first-order chi connectivity index (χ1) is 11.1. The summed E-state index contributed by atoms with van der Waals surface area (Å²) in [7, 11) is 4.07. The first-order valence-electron chi connectivity index (χ1n) is 7.46. The molecule has 0 aliphatic rings. The molecule has 0 unspecified atom stereocenters. The Balaban J connectivity index is 1.74. The van der Waals surface area contributed by atoms with Crippen molar-refractivity contribution < 1.29 is 0 Å². The van der Waals surface area contributed by atoms with Gasteiger partial charge in [-0.05, 0) is 24.6 Å². The van der Waals surface area contributed by atoms with Crippen LogP contribution in [-0.2, 0) is 0 Å². The Labute approximate surface area is 141 Å². The number of anilines is 1. The smallest absolute Gasteiger partial charge is 0.209 e.